The minimum absolute atomic E-state index is 0.111. The van der Waals surface area contributed by atoms with Gasteiger partial charge < -0.3 is 9.67 Å². The summed E-state index contributed by atoms with van der Waals surface area (Å²) in [5, 5.41) is 9.76. The number of aryl methyl sites for hydroxylation is 1. The second kappa shape index (κ2) is 8.50. The van der Waals surface area contributed by atoms with Crippen molar-refractivity contribution < 1.29 is 5.11 Å². The molecule has 0 unspecified atom stereocenters. The lowest BCUT2D eigenvalue weighted by Gasteiger charge is -2.10. The van der Waals surface area contributed by atoms with Gasteiger partial charge in [-0.05, 0) is 50.8 Å². The molecule has 0 atom stereocenters. The molecule has 0 saturated carbocycles. The molecular formula is C22H25ClN4O3. The lowest BCUT2D eigenvalue weighted by atomic mass is 9.98. The Hall–Kier alpha value is -2.82. The molecule has 2 aromatic heterocycles. The molecule has 7 nitrogen and oxygen atoms in total. The summed E-state index contributed by atoms with van der Waals surface area (Å²) in [6, 6.07) is 7.32. The van der Waals surface area contributed by atoms with Crippen LogP contribution in [0.25, 0.3) is 11.2 Å². The monoisotopic (exact) mass is 428 g/mol. The van der Waals surface area contributed by atoms with Crippen molar-refractivity contribution in [2.75, 3.05) is 6.61 Å². The lowest BCUT2D eigenvalue weighted by molar-refractivity contribution is 0.277. The average Bonchev–Trinajstić information content (AvgIpc) is 3.04. The van der Waals surface area contributed by atoms with Crippen LogP contribution < -0.4 is 11.2 Å². The Bertz CT molecular complexity index is 1250. The number of halogens is 1. The van der Waals surface area contributed by atoms with E-state index in [1.807, 2.05) is 32.9 Å². The molecule has 0 fully saturated rings. The van der Waals surface area contributed by atoms with Gasteiger partial charge in [0.15, 0.2) is 17.0 Å². The van der Waals surface area contributed by atoms with Crippen LogP contribution in [0.4, 0.5) is 0 Å². The zero-order valence-corrected chi connectivity index (χ0v) is 18.3. The third kappa shape index (κ3) is 4.50. The van der Waals surface area contributed by atoms with Crippen LogP contribution in [0.1, 0.15) is 38.6 Å². The number of benzene rings is 1. The highest BCUT2D eigenvalue weighted by molar-refractivity contribution is 6.30. The Morgan fingerprint density at radius 1 is 1.13 bits per heavy atom. The first kappa shape index (κ1) is 21.9. The fraction of sp³-hybridized carbons (Fsp3) is 0.409. The second-order valence-corrected chi connectivity index (χ2v) is 8.63. The van der Waals surface area contributed by atoms with Crippen LogP contribution in [0.15, 0.2) is 33.9 Å². The second-order valence-electron chi connectivity index (χ2n) is 8.20. The summed E-state index contributed by atoms with van der Waals surface area (Å²) in [5.41, 5.74) is 0.365. The molecule has 158 valence electrons. The number of aromatic nitrogens is 4. The molecule has 1 aromatic carbocycles. The fourth-order valence-corrected chi connectivity index (χ4v) is 3.19. The van der Waals surface area contributed by atoms with Gasteiger partial charge in [0.2, 0.25) is 0 Å². The van der Waals surface area contributed by atoms with Crippen LogP contribution in [0.3, 0.4) is 0 Å². The number of nitrogens with zero attached hydrogens (tertiary/aromatic N) is 4. The first-order valence-corrected chi connectivity index (χ1v) is 10.1. The van der Waals surface area contributed by atoms with E-state index in [0.29, 0.717) is 29.3 Å². The summed E-state index contributed by atoms with van der Waals surface area (Å²) in [6.07, 6.45) is 0.308. The molecular weight excluding hydrogens is 404 g/mol. The Balaban J connectivity index is 2.30. The molecule has 1 N–H and O–H groups in total. The molecule has 3 aromatic rings. The standard InChI is InChI=1S/C22H25ClN4O3/c1-22(2,3)11-10-17-24-19-18(27(17)14-15-6-8-16(23)9-7-15)20(29)26(12-5-13-28)21(30)25(19)4/h6-9,28H,5,12-14H2,1-4H3. The van der Waals surface area contributed by atoms with E-state index in [0.717, 1.165) is 10.1 Å². The van der Waals surface area contributed by atoms with Crippen LogP contribution in [-0.2, 0) is 20.1 Å². The number of fused-ring (bicyclic) bond motifs is 1. The topological polar surface area (TPSA) is 82.0 Å². The minimum Gasteiger partial charge on any atom is -0.396 e. The van der Waals surface area contributed by atoms with Crippen molar-refractivity contribution in [1.82, 2.24) is 18.7 Å². The number of hydrogen-bond donors (Lipinski definition) is 1. The van der Waals surface area contributed by atoms with Crippen LogP contribution >= 0.6 is 11.6 Å². The van der Waals surface area contributed by atoms with Gasteiger partial charge in [-0.2, -0.15) is 0 Å². The lowest BCUT2D eigenvalue weighted by Crippen LogP contribution is -2.40. The van der Waals surface area contributed by atoms with Crippen molar-refractivity contribution in [3.05, 3.63) is 61.5 Å². The van der Waals surface area contributed by atoms with Crippen LogP contribution in [0.5, 0.6) is 0 Å². The van der Waals surface area contributed by atoms with Crippen molar-refractivity contribution in [3.63, 3.8) is 0 Å². The van der Waals surface area contributed by atoms with E-state index in [1.54, 1.807) is 23.7 Å². The van der Waals surface area contributed by atoms with E-state index < -0.39 is 11.2 Å². The quantitative estimate of drug-likeness (QED) is 0.632. The van der Waals surface area contributed by atoms with Crippen molar-refractivity contribution in [2.24, 2.45) is 12.5 Å². The predicted molar refractivity (Wildman–Crippen MR) is 118 cm³/mol. The number of hydrogen-bond acceptors (Lipinski definition) is 4. The maximum Gasteiger partial charge on any atom is 0.332 e. The van der Waals surface area contributed by atoms with Crippen molar-refractivity contribution in [2.45, 2.75) is 40.3 Å². The van der Waals surface area contributed by atoms with Gasteiger partial charge in [-0.25, -0.2) is 9.78 Å². The van der Waals surface area contributed by atoms with Gasteiger partial charge in [0, 0.05) is 30.6 Å². The molecule has 30 heavy (non-hydrogen) atoms. The average molecular weight is 429 g/mol. The first-order valence-electron chi connectivity index (χ1n) is 9.71. The van der Waals surface area contributed by atoms with Crippen molar-refractivity contribution in [1.29, 1.82) is 0 Å². The van der Waals surface area contributed by atoms with Crippen LogP contribution in [-0.4, -0.2) is 30.4 Å². The minimum atomic E-state index is -0.465. The maximum absolute atomic E-state index is 13.2. The van der Waals surface area contributed by atoms with Crippen LogP contribution in [0.2, 0.25) is 5.02 Å². The molecule has 0 amide bonds. The van der Waals surface area contributed by atoms with Gasteiger partial charge in [-0.1, -0.05) is 29.7 Å². The molecule has 2 heterocycles. The molecule has 0 bridgehead atoms. The maximum atomic E-state index is 13.2. The highest BCUT2D eigenvalue weighted by Gasteiger charge is 2.20. The third-order valence-electron chi connectivity index (χ3n) is 4.58. The molecule has 0 radical (unpaired) electrons. The Labute approximate surface area is 179 Å². The van der Waals surface area contributed by atoms with E-state index in [1.165, 1.54) is 4.57 Å². The molecule has 3 rings (SSSR count). The van der Waals surface area contributed by atoms with Gasteiger partial charge in [0.1, 0.15) is 0 Å². The molecule has 0 spiro atoms. The predicted octanol–water partition coefficient (Wildman–Crippen LogP) is 2.38. The van der Waals surface area contributed by atoms with E-state index in [2.05, 4.69) is 16.8 Å². The summed E-state index contributed by atoms with van der Waals surface area (Å²) in [4.78, 5) is 30.4. The van der Waals surface area contributed by atoms with Crippen molar-refractivity contribution in [3.8, 4) is 11.8 Å². The fourth-order valence-electron chi connectivity index (χ4n) is 3.06. The van der Waals surface area contributed by atoms with E-state index in [9.17, 15) is 9.59 Å². The summed E-state index contributed by atoms with van der Waals surface area (Å²) in [7, 11) is 1.58. The molecule has 0 aliphatic heterocycles. The molecule has 0 aliphatic carbocycles. The summed E-state index contributed by atoms with van der Waals surface area (Å²) >= 11 is 6.00. The zero-order chi connectivity index (χ0) is 22.1. The van der Waals surface area contributed by atoms with E-state index in [-0.39, 0.29) is 24.2 Å². The zero-order valence-electron chi connectivity index (χ0n) is 17.6. The van der Waals surface area contributed by atoms with Gasteiger partial charge in [-0.3, -0.25) is 13.9 Å². The summed E-state index contributed by atoms with van der Waals surface area (Å²) in [6.45, 7) is 6.35. The smallest absolute Gasteiger partial charge is 0.332 e. The highest BCUT2D eigenvalue weighted by Crippen LogP contribution is 2.17. The van der Waals surface area contributed by atoms with Crippen LogP contribution in [0, 0.1) is 17.3 Å². The van der Waals surface area contributed by atoms with Gasteiger partial charge >= 0.3 is 5.69 Å². The van der Waals surface area contributed by atoms with E-state index in [4.69, 9.17) is 16.7 Å². The Morgan fingerprint density at radius 2 is 1.80 bits per heavy atom. The first-order chi connectivity index (χ1) is 14.1. The van der Waals surface area contributed by atoms with Gasteiger partial charge in [-0.15, -0.1) is 0 Å². The third-order valence-corrected chi connectivity index (χ3v) is 4.83. The Morgan fingerprint density at radius 3 is 2.40 bits per heavy atom. The van der Waals surface area contributed by atoms with E-state index >= 15 is 0 Å². The van der Waals surface area contributed by atoms with Crippen molar-refractivity contribution >= 4 is 22.8 Å². The largest absolute Gasteiger partial charge is 0.396 e. The summed E-state index contributed by atoms with van der Waals surface area (Å²) < 4.78 is 4.24. The number of rotatable bonds is 5. The SMILES string of the molecule is Cn1c(=O)n(CCCO)c(=O)c2c1nc(C#CC(C)(C)C)n2Cc1ccc(Cl)cc1. The molecule has 8 heteroatoms. The Kier molecular flexibility index (Phi) is 6.20. The molecule has 0 aliphatic rings. The normalized spacial score (nSPS) is 11.5. The number of aliphatic hydroxyl groups excluding tert-OH is 1. The highest BCUT2D eigenvalue weighted by atomic mass is 35.5. The molecule has 0 saturated heterocycles. The summed E-state index contributed by atoms with van der Waals surface area (Å²) in [5.74, 6) is 6.65. The van der Waals surface area contributed by atoms with Gasteiger partial charge in [0.05, 0.1) is 6.54 Å². The number of imidazole rings is 1. The van der Waals surface area contributed by atoms with Gasteiger partial charge in [0.25, 0.3) is 5.56 Å². The number of aliphatic hydroxyl groups is 1.